The minimum Gasteiger partial charge on any atom is -0.386 e. The van der Waals surface area contributed by atoms with E-state index in [1.807, 2.05) is 13.8 Å². The van der Waals surface area contributed by atoms with E-state index in [0.717, 1.165) is 48.9 Å². The van der Waals surface area contributed by atoms with Crippen LogP contribution >= 0.6 is 0 Å². The Morgan fingerprint density at radius 3 is 2.30 bits per heavy atom. The van der Waals surface area contributed by atoms with Crippen LogP contribution in [0.2, 0.25) is 0 Å². The van der Waals surface area contributed by atoms with E-state index in [1.54, 1.807) is 0 Å². The lowest BCUT2D eigenvalue weighted by Crippen LogP contribution is -2.68. The van der Waals surface area contributed by atoms with Crippen LogP contribution < -0.4 is 0 Å². The number of hydrogen-bond acceptors (Lipinski definition) is 3. The summed E-state index contributed by atoms with van der Waals surface area (Å²) in [7, 11) is 0. The third-order valence-electron chi connectivity index (χ3n) is 11.9. The Hall–Kier alpha value is -0.120. The molecule has 3 heteroatoms. The SMILES string of the molecule is CC(C)CCC[C@@H](C)[C@@H]1CC[C@@H]2[C@@H]3CC[C@@]4(O)[C@@H]5OC(C)(C)O[C@@H]5CC[C@]4(C)[C@H]3CC[C@]21C. The van der Waals surface area contributed by atoms with Crippen molar-refractivity contribution in [2.24, 2.45) is 46.3 Å². The predicted octanol–water partition coefficient (Wildman–Crippen LogP) is 7.35. The monoisotopic (exact) mass is 460 g/mol. The quantitative estimate of drug-likeness (QED) is 0.466. The molecule has 5 aliphatic rings. The Labute approximate surface area is 203 Å². The van der Waals surface area contributed by atoms with E-state index < -0.39 is 11.4 Å². The van der Waals surface area contributed by atoms with Crippen molar-refractivity contribution in [3.8, 4) is 0 Å². The van der Waals surface area contributed by atoms with Gasteiger partial charge in [0.25, 0.3) is 0 Å². The van der Waals surface area contributed by atoms with Gasteiger partial charge in [-0.1, -0.05) is 53.9 Å². The van der Waals surface area contributed by atoms with Gasteiger partial charge in [0.1, 0.15) is 6.10 Å². The van der Waals surface area contributed by atoms with Gasteiger partial charge in [0.15, 0.2) is 5.79 Å². The van der Waals surface area contributed by atoms with Crippen LogP contribution in [0.25, 0.3) is 0 Å². The van der Waals surface area contributed by atoms with Crippen LogP contribution in [0.3, 0.4) is 0 Å². The number of rotatable bonds is 5. The lowest BCUT2D eigenvalue weighted by Gasteiger charge is -2.65. The first-order valence-electron chi connectivity index (χ1n) is 14.5. The molecule has 10 atom stereocenters. The van der Waals surface area contributed by atoms with Crippen LogP contribution in [0.4, 0.5) is 0 Å². The van der Waals surface area contributed by atoms with Crippen LogP contribution in [0.5, 0.6) is 0 Å². The summed E-state index contributed by atoms with van der Waals surface area (Å²) >= 11 is 0. The summed E-state index contributed by atoms with van der Waals surface area (Å²) in [6.45, 7) is 16.4. The molecule has 0 spiro atoms. The van der Waals surface area contributed by atoms with Gasteiger partial charge in [-0.25, -0.2) is 0 Å². The largest absolute Gasteiger partial charge is 0.386 e. The first-order chi connectivity index (χ1) is 15.4. The van der Waals surface area contributed by atoms with Crippen LogP contribution in [-0.2, 0) is 9.47 Å². The minimum absolute atomic E-state index is 0.0385. The molecule has 0 aromatic rings. The lowest BCUT2D eigenvalue weighted by atomic mass is 9.42. The Kier molecular flexibility index (Phi) is 6.11. The van der Waals surface area contributed by atoms with Crippen LogP contribution in [0.1, 0.15) is 119 Å². The van der Waals surface area contributed by atoms with Crippen molar-refractivity contribution in [3.63, 3.8) is 0 Å². The second-order valence-corrected chi connectivity index (χ2v) is 14.4. The van der Waals surface area contributed by atoms with E-state index >= 15 is 0 Å². The average Bonchev–Trinajstić information content (AvgIpc) is 3.25. The highest BCUT2D eigenvalue weighted by molar-refractivity contribution is 5.18. The van der Waals surface area contributed by atoms with Gasteiger partial charge in [-0.15, -0.1) is 0 Å². The molecular formula is C30H52O3. The van der Waals surface area contributed by atoms with E-state index in [0.29, 0.717) is 11.3 Å². The highest BCUT2D eigenvalue weighted by Gasteiger charge is 2.69. The van der Waals surface area contributed by atoms with Gasteiger partial charge in [-0.05, 0) is 106 Å². The molecule has 33 heavy (non-hydrogen) atoms. The summed E-state index contributed by atoms with van der Waals surface area (Å²) in [4.78, 5) is 0. The number of hydrogen-bond donors (Lipinski definition) is 1. The van der Waals surface area contributed by atoms with Gasteiger partial charge in [-0.3, -0.25) is 0 Å². The van der Waals surface area contributed by atoms with Crippen molar-refractivity contribution >= 4 is 0 Å². The molecule has 5 fully saturated rings. The molecule has 0 aromatic carbocycles. The van der Waals surface area contributed by atoms with Crippen LogP contribution in [0.15, 0.2) is 0 Å². The first kappa shape index (κ1) is 24.6. The molecule has 1 heterocycles. The zero-order valence-corrected chi connectivity index (χ0v) is 22.7. The predicted molar refractivity (Wildman–Crippen MR) is 134 cm³/mol. The molecule has 5 rings (SSSR count). The molecule has 1 saturated heterocycles. The van der Waals surface area contributed by atoms with Gasteiger partial charge >= 0.3 is 0 Å². The maximum atomic E-state index is 12.3. The molecule has 3 nitrogen and oxygen atoms in total. The zero-order chi connectivity index (χ0) is 23.8. The standard InChI is InChI=1S/C30H52O3/c1-19(2)9-8-10-20(3)22-11-12-23-21-13-18-30(31)26-25(32-27(4,5)33-26)15-17-29(30,7)24(21)14-16-28(22,23)6/h19-26,31H,8-18H2,1-7H3/t20-,21+,22+,23-,24+,25-,26-,28+,29-,30-/m1/s1. The van der Waals surface area contributed by atoms with Gasteiger partial charge in [0, 0.05) is 5.41 Å². The molecule has 4 aliphatic carbocycles. The van der Waals surface area contributed by atoms with Crippen molar-refractivity contribution in [2.45, 2.75) is 143 Å². The summed E-state index contributed by atoms with van der Waals surface area (Å²) in [5, 5.41) is 12.3. The summed E-state index contributed by atoms with van der Waals surface area (Å²) < 4.78 is 12.6. The number of ether oxygens (including phenoxy) is 2. The maximum absolute atomic E-state index is 12.3. The van der Waals surface area contributed by atoms with Gasteiger partial charge in [-0.2, -0.15) is 0 Å². The topological polar surface area (TPSA) is 38.7 Å². The van der Waals surface area contributed by atoms with Crippen molar-refractivity contribution in [2.75, 3.05) is 0 Å². The zero-order valence-electron chi connectivity index (χ0n) is 22.7. The summed E-state index contributed by atoms with van der Waals surface area (Å²) in [6, 6.07) is 0. The van der Waals surface area contributed by atoms with Crippen LogP contribution in [-0.4, -0.2) is 28.7 Å². The van der Waals surface area contributed by atoms with Crippen molar-refractivity contribution in [1.29, 1.82) is 0 Å². The summed E-state index contributed by atoms with van der Waals surface area (Å²) in [5.74, 6) is 4.29. The molecule has 4 saturated carbocycles. The molecular weight excluding hydrogens is 408 g/mol. The van der Waals surface area contributed by atoms with Gasteiger partial charge in [0.05, 0.1) is 11.7 Å². The molecule has 0 amide bonds. The summed E-state index contributed by atoms with van der Waals surface area (Å²) in [5.41, 5.74) is -0.264. The second-order valence-electron chi connectivity index (χ2n) is 14.4. The molecule has 190 valence electrons. The molecule has 0 aromatic heterocycles. The van der Waals surface area contributed by atoms with E-state index in [1.165, 1.54) is 51.4 Å². The first-order valence-corrected chi connectivity index (χ1v) is 14.5. The van der Waals surface area contributed by atoms with Crippen LogP contribution in [0, 0.1) is 46.3 Å². The van der Waals surface area contributed by atoms with Crippen molar-refractivity contribution in [3.05, 3.63) is 0 Å². The highest BCUT2D eigenvalue weighted by Crippen LogP contribution is 2.70. The Morgan fingerprint density at radius 2 is 1.58 bits per heavy atom. The van der Waals surface area contributed by atoms with E-state index in [2.05, 4.69) is 34.6 Å². The van der Waals surface area contributed by atoms with Crippen molar-refractivity contribution in [1.82, 2.24) is 0 Å². The van der Waals surface area contributed by atoms with Gasteiger partial charge < -0.3 is 14.6 Å². The molecule has 0 unspecified atom stereocenters. The van der Waals surface area contributed by atoms with E-state index in [9.17, 15) is 5.11 Å². The molecule has 0 radical (unpaired) electrons. The smallest absolute Gasteiger partial charge is 0.163 e. The fourth-order valence-electron chi connectivity index (χ4n) is 10.3. The van der Waals surface area contributed by atoms with Crippen molar-refractivity contribution < 1.29 is 14.6 Å². The number of fused-ring (bicyclic) bond motifs is 7. The lowest BCUT2D eigenvalue weighted by molar-refractivity contribution is -0.257. The second kappa shape index (κ2) is 8.20. The van der Waals surface area contributed by atoms with E-state index in [4.69, 9.17) is 9.47 Å². The van der Waals surface area contributed by atoms with Gasteiger partial charge in [0.2, 0.25) is 0 Å². The fourth-order valence-corrected chi connectivity index (χ4v) is 10.3. The Morgan fingerprint density at radius 1 is 0.818 bits per heavy atom. The Balaban J connectivity index is 1.34. The fraction of sp³-hybridized carbons (Fsp3) is 1.00. The normalized spacial score (nSPS) is 51.5. The average molecular weight is 461 g/mol. The third-order valence-corrected chi connectivity index (χ3v) is 11.9. The van der Waals surface area contributed by atoms with E-state index in [-0.39, 0.29) is 17.6 Å². The third kappa shape index (κ3) is 3.69. The Bertz CT molecular complexity index is 732. The highest BCUT2D eigenvalue weighted by atomic mass is 16.8. The molecule has 1 aliphatic heterocycles. The maximum Gasteiger partial charge on any atom is 0.163 e. The minimum atomic E-state index is -0.735. The molecule has 0 bridgehead atoms. The molecule has 1 N–H and O–H groups in total. The summed E-state index contributed by atoms with van der Waals surface area (Å²) in [6.07, 6.45) is 13.8. The number of aliphatic hydroxyl groups is 1.